The van der Waals surface area contributed by atoms with Crippen LogP contribution in [-0.4, -0.2) is 42.2 Å². The van der Waals surface area contributed by atoms with Crippen molar-refractivity contribution < 1.29 is 19.0 Å². The number of hydrogen-bond donors (Lipinski definition) is 2. The molecule has 3 heterocycles. The van der Waals surface area contributed by atoms with E-state index in [4.69, 9.17) is 19.2 Å². The van der Waals surface area contributed by atoms with Crippen molar-refractivity contribution in [3.8, 4) is 34.6 Å². The molecule has 0 radical (unpaired) electrons. The molecule has 2 N–H and O–H groups in total. The predicted molar refractivity (Wildman–Crippen MR) is 151 cm³/mol. The number of hydrogen-bond acceptors (Lipinski definition) is 9. The number of pyridine rings is 1. The summed E-state index contributed by atoms with van der Waals surface area (Å²) in [7, 11) is 0. The lowest BCUT2D eigenvalue weighted by Crippen LogP contribution is -2.30. The largest absolute Gasteiger partial charge is 0.486 e. The van der Waals surface area contributed by atoms with Gasteiger partial charge in [-0.25, -0.2) is 9.97 Å². The van der Waals surface area contributed by atoms with Gasteiger partial charge in [0.25, 0.3) is 0 Å². The Kier molecular flexibility index (Phi) is 8.86. The summed E-state index contributed by atoms with van der Waals surface area (Å²) in [6.45, 7) is 4.44. The summed E-state index contributed by atoms with van der Waals surface area (Å²) < 4.78 is 17.4. The zero-order chi connectivity index (χ0) is 27.7. The van der Waals surface area contributed by atoms with Crippen molar-refractivity contribution in [2.24, 2.45) is 0 Å². The van der Waals surface area contributed by atoms with Gasteiger partial charge in [-0.3, -0.25) is 4.79 Å². The van der Waals surface area contributed by atoms with E-state index in [1.165, 1.54) is 12.5 Å². The second-order valence-corrected chi connectivity index (χ2v) is 10.3. The second kappa shape index (κ2) is 13.1. The van der Waals surface area contributed by atoms with Gasteiger partial charge in [-0.2, -0.15) is 5.26 Å². The second-order valence-electron chi connectivity index (χ2n) is 9.10. The number of nitriles is 1. The average molecular weight is 556 g/mol. The van der Waals surface area contributed by atoms with Gasteiger partial charge in [0.15, 0.2) is 11.5 Å². The van der Waals surface area contributed by atoms with Crippen LogP contribution in [-0.2, 0) is 24.4 Å². The summed E-state index contributed by atoms with van der Waals surface area (Å²) in [6, 6.07) is 19.9. The lowest BCUT2D eigenvalue weighted by molar-refractivity contribution is -0.118. The first-order valence-corrected chi connectivity index (χ1v) is 13.8. The Bertz CT molecular complexity index is 1520. The van der Waals surface area contributed by atoms with Gasteiger partial charge in [-0.05, 0) is 29.3 Å². The molecule has 10 heteroatoms. The van der Waals surface area contributed by atoms with Crippen LogP contribution in [0.25, 0.3) is 11.1 Å². The van der Waals surface area contributed by atoms with Gasteiger partial charge in [0, 0.05) is 49.6 Å². The number of amides is 1. The molecule has 40 heavy (non-hydrogen) atoms. The van der Waals surface area contributed by atoms with Crippen LogP contribution < -0.4 is 24.8 Å². The highest BCUT2D eigenvalue weighted by atomic mass is 32.1. The van der Waals surface area contributed by atoms with Crippen molar-refractivity contribution in [1.29, 1.82) is 5.26 Å². The molecule has 0 fully saturated rings. The molecule has 1 amide bonds. The molecule has 5 rings (SSSR count). The fourth-order valence-corrected chi connectivity index (χ4v) is 5.36. The van der Waals surface area contributed by atoms with Crippen LogP contribution in [0.1, 0.15) is 33.6 Å². The van der Waals surface area contributed by atoms with Gasteiger partial charge in [0.05, 0.1) is 5.69 Å². The Balaban J connectivity index is 1.32. The molecule has 4 aromatic rings. The van der Waals surface area contributed by atoms with Crippen molar-refractivity contribution in [1.82, 2.24) is 20.6 Å². The third-order valence-electron chi connectivity index (χ3n) is 6.21. The van der Waals surface area contributed by atoms with Crippen LogP contribution in [0.5, 0.6) is 17.4 Å². The van der Waals surface area contributed by atoms with E-state index >= 15 is 0 Å². The Hall–Kier alpha value is -4.46. The smallest absolute Gasteiger partial charge is 0.232 e. The molecule has 1 aliphatic heterocycles. The number of carbonyl (C=O) groups excluding carboxylic acids is 1. The first-order chi connectivity index (χ1) is 19.6. The maximum absolute atomic E-state index is 11.1. The summed E-state index contributed by atoms with van der Waals surface area (Å²) >= 11 is 1.58. The van der Waals surface area contributed by atoms with Crippen molar-refractivity contribution in [3.63, 3.8) is 0 Å². The number of aromatic nitrogens is 2. The summed E-state index contributed by atoms with van der Waals surface area (Å²) in [5, 5.41) is 16.9. The molecule has 0 unspecified atom stereocenters. The van der Waals surface area contributed by atoms with Crippen LogP contribution in [0.4, 0.5) is 0 Å². The first-order valence-electron chi connectivity index (χ1n) is 13.0. The summed E-state index contributed by atoms with van der Waals surface area (Å²) in [4.78, 5) is 21.5. The summed E-state index contributed by atoms with van der Waals surface area (Å²) in [6.07, 6.45) is 2.39. The minimum atomic E-state index is -0.0527. The standard InChI is InChI=1S/C30H29N5O4S/c1-20(36)33-12-11-32-18-25-28(15-21-5-3-2-4-6-21)40-29(35-25)19-39-30-24(17-31)23(9-10-34-30)22-7-8-26-27(16-22)38-14-13-37-26/h2-10,16,32H,11-15,18-19H2,1H3,(H,33,36). The van der Waals surface area contributed by atoms with Crippen molar-refractivity contribution in [2.45, 2.75) is 26.5 Å². The van der Waals surface area contributed by atoms with Gasteiger partial charge < -0.3 is 24.8 Å². The maximum Gasteiger partial charge on any atom is 0.232 e. The summed E-state index contributed by atoms with van der Waals surface area (Å²) in [5.74, 6) is 1.54. The van der Waals surface area contributed by atoms with Crippen LogP contribution in [0, 0.1) is 11.3 Å². The van der Waals surface area contributed by atoms with Crippen LogP contribution >= 0.6 is 11.3 Å². The van der Waals surface area contributed by atoms with Crippen LogP contribution in [0.2, 0.25) is 0 Å². The Morgan fingerprint density at radius 1 is 1.10 bits per heavy atom. The molecule has 204 valence electrons. The zero-order valence-corrected chi connectivity index (χ0v) is 22.9. The lowest BCUT2D eigenvalue weighted by Gasteiger charge is -2.19. The van der Waals surface area contributed by atoms with E-state index in [1.54, 1.807) is 23.6 Å². The number of ether oxygens (including phenoxy) is 3. The average Bonchev–Trinajstić information content (AvgIpc) is 3.36. The normalized spacial score (nSPS) is 12.0. The fraction of sp³-hybridized carbons (Fsp3) is 0.267. The number of benzene rings is 2. The van der Waals surface area contributed by atoms with Gasteiger partial charge in [0.1, 0.15) is 36.5 Å². The fourth-order valence-electron chi connectivity index (χ4n) is 4.33. The SMILES string of the molecule is CC(=O)NCCNCc1nc(COc2nccc(-c3ccc4c(c3)OCCO4)c2C#N)sc1Cc1ccccc1. The Labute approximate surface area is 236 Å². The van der Waals surface area contributed by atoms with E-state index in [2.05, 4.69) is 33.8 Å². The van der Waals surface area contributed by atoms with E-state index in [0.29, 0.717) is 55.5 Å². The van der Waals surface area contributed by atoms with Crippen molar-refractivity contribution >= 4 is 17.2 Å². The number of nitrogens with one attached hydrogen (secondary N) is 2. The van der Waals surface area contributed by atoms with E-state index < -0.39 is 0 Å². The minimum Gasteiger partial charge on any atom is -0.486 e. The van der Waals surface area contributed by atoms with Gasteiger partial charge >= 0.3 is 0 Å². The highest BCUT2D eigenvalue weighted by molar-refractivity contribution is 7.11. The third-order valence-corrected chi connectivity index (χ3v) is 7.28. The molecular formula is C30H29N5O4S. The van der Waals surface area contributed by atoms with Crippen LogP contribution in [0.3, 0.4) is 0 Å². The van der Waals surface area contributed by atoms with Gasteiger partial charge in [0.2, 0.25) is 11.8 Å². The zero-order valence-electron chi connectivity index (χ0n) is 22.1. The molecule has 0 spiro atoms. The van der Waals surface area contributed by atoms with Gasteiger partial charge in [-0.1, -0.05) is 36.4 Å². The summed E-state index contributed by atoms with van der Waals surface area (Å²) in [5.41, 5.74) is 4.00. The first kappa shape index (κ1) is 27.1. The Morgan fingerprint density at radius 2 is 1.93 bits per heavy atom. The molecule has 9 nitrogen and oxygen atoms in total. The topological polar surface area (TPSA) is 118 Å². The van der Waals surface area contributed by atoms with Gasteiger partial charge in [-0.15, -0.1) is 11.3 Å². The third kappa shape index (κ3) is 6.75. The highest BCUT2D eigenvalue weighted by Crippen LogP contribution is 2.37. The molecule has 0 aliphatic carbocycles. The van der Waals surface area contributed by atoms with Crippen molar-refractivity contribution in [2.75, 3.05) is 26.3 Å². The number of fused-ring (bicyclic) bond motifs is 1. The molecule has 0 bridgehead atoms. The monoisotopic (exact) mass is 555 g/mol. The quantitative estimate of drug-likeness (QED) is 0.264. The van der Waals surface area contributed by atoms with E-state index in [0.717, 1.165) is 27.6 Å². The van der Waals surface area contributed by atoms with E-state index in [1.807, 2.05) is 36.4 Å². The molecule has 2 aromatic heterocycles. The number of rotatable bonds is 11. The Morgan fingerprint density at radius 3 is 2.73 bits per heavy atom. The predicted octanol–water partition coefficient (Wildman–Crippen LogP) is 4.24. The number of carbonyl (C=O) groups is 1. The lowest BCUT2D eigenvalue weighted by atomic mass is 10.0. The molecule has 0 atom stereocenters. The molecule has 0 saturated heterocycles. The van der Waals surface area contributed by atoms with Crippen LogP contribution in [0.15, 0.2) is 60.8 Å². The number of thiazole rings is 1. The molecule has 2 aromatic carbocycles. The van der Waals surface area contributed by atoms with Crippen molar-refractivity contribution in [3.05, 3.63) is 87.5 Å². The van der Waals surface area contributed by atoms with E-state index in [-0.39, 0.29) is 18.4 Å². The van der Waals surface area contributed by atoms with E-state index in [9.17, 15) is 10.1 Å². The number of nitrogens with zero attached hydrogens (tertiary/aromatic N) is 3. The molecular weight excluding hydrogens is 526 g/mol. The maximum atomic E-state index is 11.1. The molecule has 0 saturated carbocycles. The minimum absolute atomic E-state index is 0.0527. The highest BCUT2D eigenvalue weighted by Gasteiger charge is 2.18. The molecule has 1 aliphatic rings.